The molecule has 0 bridgehead atoms. The molecule has 4 heteroatoms. The molecule has 0 spiro atoms. The van der Waals surface area contributed by atoms with Crippen LogP contribution < -0.4 is 5.32 Å². The van der Waals surface area contributed by atoms with Crippen LogP contribution in [0.3, 0.4) is 0 Å². The van der Waals surface area contributed by atoms with Crippen LogP contribution >= 0.6 is 0 Å². The highest BCUT2D eigenvalue weighted by Gasteiger charge is 2.17. The van der Waals surface area contributed by atoms with Gasteiger partial charge in [-0.1, -0.05) is 25.1 Å². The summed E-state index contributed by atoms with van der Waals surface area (Å²) in [6, 6.07) is 10.3. The second-order valence-corrected chi connectivity index (χ2v) is 5.00. The number of hydrogen-bond acceptors (Lipinski definition) is 4. The van der Waals surface area contributed by atoms with Crippen LogP contribution in [0.25, 0.3) is 10.9 Å². The molecule has 0 aliphatic heterocycles. The van der Waals surface area contributed by atoms with Crippen LogP contribution in [0.15, 0.2) is 48.9 Å². The van der Waals surface area contributed by atoms with Gasteiger partial charge in [-0.05, 0) is 31.2 Å². The molecule has 0 aliphatic carbocycles. The van der Waals surface area contributed by atoms with Gasteiger partial charge in [-0.3, -0.25) is 15.0 Å². The Hall–Kier alpha value is -2.33. The molecule has 1 aromatic carbocycles. The van der Waals surface area contributed by atoms with E-state index in [1.54, 1.807) is 18.6 Å². The monoisotopic (exact) mass is 278 g/mol. The third-order valence-electron chi connectivity index (χ3n) is 3.53. The molecule has 4 nitrogen and oxygen atoms in total. The van der Waals surface area contributed by atoms with Crippen molar-refractivity contribution in [1.29, 1.82) is 0 Å². The summed E-state index contributed by atoms with van der Waals surface area (Å²) in [4.78, 5) is 13.4. The van der Waals surface area contributed by atoms with Crippen molar-refractivity contribution in [3.05, 3.63) is 65.9 Å². The topological polar surface area (TPSA) is 50.7 Å². The molecule has 21 heavy (non-hydrogen) atoms. The summed E-state index contributed by atoms with van der Waals surface area (Å²) in [6.45, 7) is 5.04. The summed E-state index contributed by atoms with van der Waals surface area (Å²) in [5, 5.41) is 4.63. The van der Waals surface area contributed by atoms with E-state index >= 15 is 0 Å². The van der Waals surface area contributed by atoms with E-state index in [0.717, 1.165) is 23.4 Å². The second-order valence-electron chi connectivity index (χ2n) is 5.00. The summed E-state index contributed by atoms with van der Waals surface area (Å²) in [5.74, 6) is 0. The van der Waals surface area contributed by atoms with Crippen LogP contribution in [0.4, 0.5) is 0 Å². The molecule has 3 aromatic rings. The molecule has 0 radical (unpaired) electrons. The average molecular weight is 278 g/mol. The molecule has 106 valence electrons. The Morgan fingerprint density at radius 2 is 2.00 bits per heavy atom. The molecular weight excluding hydrogens is 260 g/mol. The highest BCUT2D eigenvalue weighted by Crippen LogP contribution is 2.23. The maximum Gasteiger partial charge on any atom is 0.0941 e. The van der Waals surface area contributed by atoms with Gasteiger partial charge in [-0.15, -0.1) is 0 Å². The minimum Gasteiger partial charge on any atom is -0.304 e. The maximum absolute atomic E-state index is 4.80. The Balaban J connectivity index is 2.11. The number of nitrogens with one attached hydrogen (secondary N) is 1. The van der Waals surface area contributed by atoms with Crippen molar-refractivity contribution >= 4 is 10.9 Å². The highest BCUT2D eigenvalue weighted by atomic mass is 15.0. The van der Waals surface area contributed by atoms with Gasteiger partial charge in [-0.25, -0.2) is 0 Å². The van der Waals surface area contributed by atoms with Gasteiger partial charge in [0.1, 0.15) is 0 Å². The first-order chi connectivity index (χ1) is 10.3. The summed E-state index contributed by atoms with van der Waals surface area (Å²) >= 11 is 0. The maximum atomic E-state index is 4.80. The second kappa shape index (κ2) is 5.97. The first-order valence-electron chi connectivity index (χ1n) is 7.15. The van der Waals surface area contributed by atoms with Crippen molar-refractivity contribution in [2.75, 3.05) is 6.54 Å². The number of pyridine rings is 1. The molecule has 1 unspecified atom stereocenters. The lowest BCUT2D eigenvalue weighted by Crippen LogP contribution is -2.24. The zero-order chi connectivity index (χ0) is 14.7. The number of rotatable bonds is 4. The highest BCUT2D eigenvalue weighted by molar-refractivity contribution is 5.82. The number of aryl methyl sites for hydroxylation is 1. The van der Waals surface area contributed by atoms with E-state index < -0.39 is 0 Å². The van der Waals surface area contributed by atoms with Gasteiger partial charge in [0.05, 0.1) is 29.1 Å². The zero-order valence-electron chi connectivity index (χ0n) is 12.2. The van der Waals surface area contributed by atoms with Crippen molar-refractivity contribution in [3.8, 4) is 0 Å². The van der Waals surface area contributed by atoms with Crippen molar-refractivity contribution in [1.82, 2.24) is 20.3 Å². The number of aromatic nitrogens is 3. The predicted molar refractivity (Wildman–Crippen MR) is 84.0 cm³/mol. The van der Waals surface area contributed by atoms with Gasteiger partial charge in [0.25, 0.3) is 0 Å². The van der Waals surface area contributed by atoms with Crippen LogP contribution in [0.2, 0.25) is 0 Å². The van der Waals surface area contributed by atoms with Crippen LogP contribution in [-0.2, 0) is 0 Å². The summed E-state index contributed by atoms with van der Waals surface area (Å²) < 4.78 is 0. The van der Waals surface area contributed by atoms with Crippen LogP contribution in [0.1, 0.15) is 29.9 Å². The van der Waals surface area contributed by atoms with E-state index in [1.165, 1.54) is 10.9 Å². The lowest BCUT2D eigenvalue weighted by molar-refractivity contribution is 0.600. The van der Waals surface area contributed by atoms with E-state index in [-0.39, 0.29) is 6.04 Å². The van der Waals surface area contributed by atoms with Crippen LogP contribution in [-0.4, -0.2) is 21.5 Å². The molecule has 0 amide bonds. The minimum absolute atomic E-state index is 0.0352. The molecule has 1 atom stereocenters. The normalized spacial score (nSPS) is 12.5. The average Bonchev–Trinajstić information content (AvgIpc) is 2.53. The van der Waals surface area contributed by atoms with Gasteiger partial charge in [0, 0.05) is 17.8 Å². The molecule has 0 aliphatic rings. The van der Waals surface area contributed by atoms with Gasteiger partial charge in [0.2, 0.25) is 0 Å². The quantitative estimate of drug-likeness (QED) is 0.797. The van der Waals surface area contributed by atoms with Crippen molar-refractivity contribution in [2.45, 2.75) is 19.9 Å². The SMILES string of the molecule is CCNC(c1cnccn1)c1cc(C)c2ccccc2n1. The van der Waals surface area contributed by atoms with Crippen LogP contribution in [0.5, 0.6) is 0 Å². The van der Waals surface area contributed by atoms with Crippen molar-refractivity contribution in [2.24, 2.45) is 0 Å². The predicted octanol–water partition coefficient (Wildman–Crippen LogP) is 3.03. The van der Waals surface area contributed by atoms with Gasteiger partial charge < -0.3 is 5.32 Å². The molecule has 0 saturated heterocycles. The lowest BCUT2D eigenvalue weighted by atomic mass is 10.0. The van der Waals surface area contributed by atoms with Gasteiger partial charge in [0.15, 0.2) is 0 Å². The molecule has 2 heterocycles. The standard InChI is InChI=1S/C17H18N4/c1-3-19-17(16-11-18-8-9-20-16)15-10-12(2)13-6-4-5-7-14(13)21-15/h4-11,17,19H,3H2,1-2H3. The number of benzene rings is 1. The third kappa shape index (κ3) is 2.76. The molecule has 3 rings (SSSR count). The van der Waals surface area contributed by atoms with Gasteiger partial charge >= 0.3 is 0 Å². The summed E-state index contributed by atoms with van der Waals surface area (Å²) in [7, 11) is 0. The Morgan fingerprint density at radius 1 is 1.14 bits per heavy atom. The van der Waals surface area contributed by atoms with E-state index in [9.17, 15) is 0 Å². The fourth-order valence-corrected chi connectivity index (χ4v) is 2.55. The van der Waals surface area contributed by atoms with E-state index in [2.05, 4.69) is 41.3 Å². The molecule has 0 saturated carbocycles. The Kier molecular flexibility index (Phi) is 3.88. The molecule has 2 aromatic heterocycles. The first-order valence-corrected chi connectivity index (χ1v) is 7.15. The molecule has 1 N–H and O–H groups in total. The van der Waals surface area contributed by atoms with Gasteiger partial charge in [-0.2, -0.15) is 0 Å². The number of nitrogens with zero attached hydrogens (tertiary/aromatic N) is 3. The number of para-hydroxylation sites is 1. The number of hydrogen-bond donors (Lipinski definition) is 1. The molecular formula is C17H18N4. The summed E-state index contributed by atoms with van der Waals surface area (Å²) in [6.07, 6.45) is 5.19. The fraction of sp³-hybridized carbons (Fsp3) is 0.235. The fourth-order valence-electron chi connectivity index (χ4n) is 2.55. The largest absolute Gasteiger partial charge is 0.304 e. The Bertz CT molecular complexity index is 740. The Labute approximate surface area is 124 Å². The van der Waals surface area contributed by atoms with E-state index in [4.69, 9.17) is 4.98 Å². The van der Waals surface area contributed by atoms with E-state index in [1.807, 2.05) is 18.2 Å². The summed E-state index contributed by atoms with van der Waals surface area (Å²) in [5.41, 5.74) is 4.11. The van der Waals surface area contributed by atoms with Crippen molar-refractivity contribution in [3.63, 3.8) is 0 Å². The van der Waals surface area contributed by atoms with Crippen molar-refractivity contribution < 1.29 is 0 Å². The Morgan fingerprint density at radius 3 is 2.76 bits per heavy atom. The smallest absolute Gasteiger partial charge is 0.0941 e. The first kappa shape index (κ1) is 13.6. The molecule has 0 fully saturated rings. The third-order valence-corrected chi connectivity index (χ3v) is 3.53. The number of fused-ring (bicyclic) bond motifs is 1. The lowest BCUT2D eigenvalue weighted by Gasteiger charge is -2.18. The zero-order valence-corrected chi connectivity index (χ0v) is 12.2. The van der Waals surface area contributed by atoms with Crippen LogP contribution in [0, 0.1) is 6.92 Å². The minimum atomic E-state index is -0.0352. The van der Waals surface area contributed by atoms with E-state index in [0.29, 0.717) is 0 Å².